The molecule has 110 valence electrons. The molecule has 0 saturated carbocycles. The van der Waals surface area contributed by atoms with Crippen molar-refractivity contribution in [1.29, 1.82) is 0 Å². The highest BCUT2D eigenvalue weighted by molar-refractivity contribution is 6.10. The van der Waals surface area contributed by atoms with Gasteiger partial charge in [-0.25, -0.2) is 4.68 Å². The molecule has 0 atom stereocenters. The summed E-state index contributed by atoms with van der Waals surface area (Å²) >= 11 is 0. The van der Waals surface area contributed by atoms with Gasteiger partial charge in [-0.1, -0.05) is 23.4 Å². The first-order valence-corrected chi connectivity index (χ1v) is 7.15. The molecule has 3 aromatic rings. The van der Waals surface area contributed by atoms with E-state index in [-0.39, 0.29) is 5.91 Å². The zero-order chi connectivity index (χ0) is 14.9. The minimum atomic E-state index is -0.184. The van der Waals surface area contributed by atoms with Crippen LogP contribution in [0.15, 0.2) is 42.7 Å². The predicted octanol–water partition coefficient (Wildman–Crippen LogP) is 1.93. The molecule has 4 rings (SSSR count). The van der Waals surface area contributed by atoms with Gasteiger partial charge in [0.2, 0.25) is 0 Å². The molecule has 1 amide bonds. The smallest absolute Gasteiger partial charge is 0.284 e. The number of fused-ring (bicyclic) bond motifs is 1. The van der Waals surface area contributed by atoms with Crippen molar-refractivity contribution >= 4 is 17.3 Å². The van der Waals surface area contributed by atoms with E-state index in [1.165, 1.54) is 0 Å². The normalized spacial score (nSPS) is 13.1. The summed E-state index contributed by atoms with van der Waals surface area (Å²) in [5.41, 5.74) is 2.78. The highest BCUT2D eigenvalue weighted by Gasteiger charge is 2.28. The van der Waals surface area contributed by atoms with Crippen LogP contribution in [0.5, 0.6) is 0 Å². The van der Waals surface area contributed by atoms with Gasteiger partial charge in [0, 0.05) is 18.4 Å². The fourth-order valence-corrected chi connectivity index (χ4v) is 2.76. The van der Waals surface area contributed by atoms with Gasteiger partial charge in [0.1, 0.15) is 0 Å². The summed E-state index contributed by atoms with van der Waals surface area (Å²) < 4.78 is 1.81. The van der Waals surface area contributed by atoms with Gasteiger partial charge < -0.3 is 0 Å². The summed E-state index contributed by atoms with van der Waals surface area (Å²) in [6, 6.07) is 9.47. The maximum absolute atomic E-state index is 13.0. The van der Waals surface area contributed by atoms with Gasteiger partial charge in [-0.15, -0.1) is 5.10 Å². The molecular formula is C15H14N6O. The summed E-state index contributed by atoms with van der Waals surface area (Å²) in [7, 11) is 0. The van der Waals surface area contributed by atoms with Crippen LogP contribution in [0.25, 0.3) is 0 Å². The lowest BCUT2D eigenvalue weighted by atomic mass is 10.2. The number of anilines is 2. The Bertz CT molecular complexity index is 793. The fraction of sp³-hybridized carbons (Fsp3) is 0.200. The van der Waals surface area contributed by atoms with Crippen LogP contribution in [-0.2, 0) is 13.0 Å². The summed E-state index contributed by atoms with van der Waals surface area (Å²) in [6.45, 7) is 0.826. The Kier molecular flexibility index (Phi) is 2.96. The lowest BCUT2D eigenvalue weighted by Crippen LogP contribution is -2.27. The summed E-state index contributed by atoms with van der Waals surface area (Å²) in [5.74, 6) is -0.184. The van der Waals surface area contributed by atoms with Crippen LogP contribution in [0.1, 0.15) is 22.6 Å². The molecule has 0 aliphatic carbocycles. The van der Waals surface area contributed by atoms with Crippen molar-refractivity contribution < 1.29 is 4.79 Å². The number of carbonyl (C=O) groups is 1. The largest absolute Gasteiger partial charge is 0.285 e. The van der Waals surface area contributed by atoms with E-state index >= 15 is 0 Å². The molecule has 1 aromatic carbocycles. The molecule has 7 nitrogen and oxygen atoms in total. The molecule has 22 heavy (non-hydrogen) atoms. The number of benzene rings is 1. The number of para-hydroxylation sites is 1. The number of nitrogens with one attached hydrogen (secondary N) is 1. The first kappa shape index (κ1) is 12.8. The van der Waals surface area contributed by atoms with Crippen LogP contribution in [0.3, 0.4) is 0 Å². The monoisotopic (exact) mass is 294 g/mol. The Morgan fingerprint density at radius 2 is 2.09 bits per heavy atom. The molecule has 0 spiro atoms. The van der Waals surface area contributed by atoms with Crippen LogP contribution >= 0.6 is 0 Å². The van der Waals surface area contributed by atoms with Crippen molar-refractivity contribution in [3.05, 3.63) is 54.1 Å². The van der Waals surface area contributed by atoms with Gasteiger partial charge >= 0.3 is 0 Å². The lowest BCUT2D eigenvalue weighted by Gasteiger charge is -2.20. The quantitative estimate of drug-likeness (QED) is 0.800. The first-order chi connectivity index (χ1) is 10.8. The number of nitrogens with zero attached hydrogens (tertiary/aromatic N) is 5. The second-order valence-corrected chi connectivity index (χ2v) is 5.14. The van der Waals surface area contributed by atoms with Crippen LogP contribution < -0.4 is 4.90 Å². The predicted molar refractivity (Wildman–Crippen MR) is 79.8 cm³/mol. The number of rotatable bonds is 3. The van der Waals surface area contributed by atoms with E-state index in [1.54, 1.807) is 17.3 Å². The number of aromatic nitrogens is 5. The number of hydrogen-bond donors (Lipinski definition) is 1. The second kappa shape index (κ2) is 5.10. The zero-order valence-electron chi connectivity index (χ0n) is 11.8. The Hall–Kier alpha value is -2.96. The van der Waals surface area contributed by atoms with Gasteiger partial charge in [0.25, 0.3) is 5.91 Å². The Morgan fingerprint density at radius 1 is 1.23 bits per heavy atom. The average molecular weight is 294 g/mol. The summed E-state index contributed by atoms with van der Waals surface area (Å²) in [6.07, 6.45) is 5.15. The highest BCUT2D eigenvalue weighted by Crippen LogP contribution is 2.27. The van der Waals surface area contributed by atoms with Gasteiger partial charge in [0.05, 0.1) is 17.6 Å². The van der Waals surface area contributed by atoms with Crippen LogP contribution in [0.4, 0.5) is 11.4 Å². The third-order valence-corrected chi connectivity index (χ3v) is 3.78. The molecule has 0 bridgehead atoms. The molecule has 0 unspecified atom stereocenters. The van der Waals surface area contributed by atoms with Crippen LogP contribution in [-0.4, -0.2) is 31.1 Å². The first-order valence-electron chi connectivity index (χ1n) is 7.15. The van der Waals surface area contributed by atoms with E-state index in [4.69, 9.17) is 0 Å². The molecule has 1 aliphatic heterocycles. The number of aromatic amines is 1. The van der Waals surface area contributed by atoms with E-state index in [0.717, 1.165) is 30.8 Å². The molecule has 7 heteroatoms. The SMILES string of the molecule is O=C(c1nnn2c1CCC2)N(c1ccccc1)c1cn[nH]c1. The van der Waals surface area contributed by atoms with Gasteiger partial charge in [-0.2, -0.15) is 5.10 Å². The van der Waals surface area contributed by atoms with E-state index in [9.17, 15) is 4.79 Å². The standard InChI is InChI=1S/C15H14N6O/c22-15(14-13-7-4-8-20(13)19-18-14)21(12-9-16-17-10-12)11-5-2-1-3-6-11/h1-3,5-6,9-10H,4,7-8H2,(H,16,17). The third kappa shape index (κ3) is 1.98. The summed E-state index contributed by atoms with van der Waals surface area (Å²) in [4.78, 5) is 14.6. The van der Waals surface area contributed by atoms with Crippen molar-refractivity contribution in [2.75, 3.05) is 4.90 Å². The molecule has 0 fully saturated rings. The molecule has 1 aliphatic rings. The van der Waals surface area contributed by atoms with Crippen molar-refractivity contribution in [3.63, 3.8) is 0 Å². The molecule has 0 saturated heterocycles. The molecule has 1 N–H and O–H groups in total. The second-order valence-electron chi connectivity index (χ2n) is 5.14. The van der Waals surface area contributed by atoms with E-state index in [2.05, 4.69) is 20.5 Å². The van der Waals surface area contributed by atoms with Gasteiger partial charge in [-0.3, -0.25) is 14.8 Å². The van der Waals surface area contributed by atoms with Gasteiger partial charge in [-0.05, 0) is 25.0 Å². The molecule has 0 radical (unpaired) electrons. The number of aryl methyl sites for hydroxylation is 1. The van der Waals surface area contributed by atoms with Gasteiger partial charge in [0.15, 0.2) is 5.69 Å². The van der Waals surface area contributed by atoms with E-state index in [1.807, 2.05) is 35.0 Å². The van der Waals surface area contributed by atoms with E-state index < -0.39 is 0 Å². The third-order valence-electron chi connectivity index (χ3n) is 3.78. The number of H-pyrrole nitrogens is 1. The molecule has 2 aromatic heterocycles. The Morgan fingerprint density at radius 3 is 2.86 bits per heavy atom. The lowest BCUT2D eigenvalue weighted by molar-refractivity contribution is 0.0993. The number of carbonyl (C=O) groups excluding carboxylic acids is 1. The topological polar surface area (TPSA) is 79.7 Å². The number of amides is 1. The minimum absolute atomic E-state index is 0.184. The average Bonchev–Trinajstić information content (AvgIpc) is 3.26. The minimum Gasteiger partial charge on any atom is -0.284 e. The van der Waals surface area contributed by atoms with Crippen molar-refractivity contribution in [3.8, 4) is 0 Å². The Balaban J connectivity index is 1.79. The van der Waals surface area contributed by atoms with Crippen molar-refractivity contribution in [2.24, 2.45) is 0 Å². The van der Waals surface area contributed by atoms with Crippen LogP contribution in [0, 0.1) is 0 Å². The van der Waals surface area contributed by atoms with Crippen LogP contribution in [0.2, 0.25) is 0 Å². The molecule has 3 heterocycles. The zero-order valence-corrected chi connectivity index (χ0v) is 11.8. The maximum Gasteiger partial charge on any atom is 0.285 e. The van der Waals surface area contributed by atoms with Crippen molar-refractivity contribution in [1.82, 2.24) is 25.2 Å². The fourth-order valence-electron chi connectivity index (χ4n) is 2.76. The number of hydrogen-bond acceptors (Lipinski definition) is 4. The summed E-state index contributed by atoms with van der Waals surface area (Å²) in [5, 5.41) is 14.8. The maximum atomic E-state index is 13.0. The molecular weight excluding hydrogens is 280 g/mol. The van der Waals surface area contributed by atoms with Crippen molar-refractivity contribution in [2.45, 2.75) is 19.4 Å². The Labute approximate surface area is 126 Å². The van der Waals surface area contributed by atoms with E-state index in [0.29, 0.717) is 11.4 Å². The highest BCUT2D eigenvalue weighted by atomic mass is 16.2.